The van der Waals surface area contributed by atoms with Crippen LogP contribution in [-0.4, -0.2) is 45.0 Å². The molecule has 3 aliphatic heterocycles. The number of fused-ring (bicyclic) bond motifs is 1. The van der Waals surface area contributed by atoms with Crippen LogP contribution < -0.4 is 20.1 Å². The number of halogens is 1. The smallest absolute Gasteiger partial charge is 0.237 e. The summed E-state index contributed by atoms with van der Waals surface area (Å²) in [6.07, 6.45) is 3.78. The summed E-state index contributed by atoms with van der Waals surface area (Å²) < 4.78 is 16.5. The molecule has 0 aromatic heterocycles. The highest BCUT2D eigenvalue weighted by Gasteiger charge is 2.36. The maximum atomic E-state index is 12.4. The SMILES string of the molecule is Cl.O=C(NCC1(c2ccc3c(c2)OCO3)CCOCC1)C1CCCN1. The van der Waals surface area contributed by atoms with Crippen molar-refractivity contribution in [2.75, 3.05) is 33.1 Å². The number of amides is 1. The van der Waals surface area contributed by atoms with Gasteiger partial charge in [-0.25, -0.2) is 0 Å². The molecule has 7 heteroatoms. The third-order valence-corrected chi connectivity index (χ3v) is 5.41. The molecule has 1 atom stereocenters. The summed E-state index contributed by atoms with van der Waals surface area (Å²) in [5.41, 5.74) is 1.09. The van der Waals surface area contributed by atoms with Crippen molar-refractivity contribution in [3.8, 4) is 11.5 Å². The van der Waals surface area contributed by atoms with Crippen LogP contribution in [-0.2, 0) is 14.9 Å². The molecular weight excluding hydrogens is 344 g/mol. The lowest BCUT2D eigenvalue weighted by Crippen LogP contribution is -2.48. The Hall–Kier alpha value is -1.50. The van der Waals surface area contributed by atoms with Crippen LogP contribution >= 0.6 is 12.4 Å². The zero-order valence-electron chi connectivity index (χ0n) is 14.2. The molecule has 4 rings (SSSR count). The Morgan fingerprint density at radius 1 is 1.24 bits per heavy atom. The molecule has 138 valence electrons. The van der Waals surface area contributed by atoms with Gasteiger partial charge >= 0.3 is 0 Å². The van der Waals surface area contributed by atoms with Gasteiger partial charge in [0.15, 0.2) is 11.5 Å². The maximum Gasteiger partial charge on any atom is 0.237 e. The first-order valence-electron chi connectivity index (χ1n) is 8.76. The number of carbonyl (C=O) groups excluding carboxylic acids is 1. The number of hydrogen-bond donors (Lipinski definition) is 2. The molecule has 1 amide bonds. The highest BCUT2D eigenvalue weighted by atomic mass is 35.5. The van der Waals surface area contributed by atoms with E-state index in [1.54, 1.807) is 0 Å². The van der Waals surface area contributed by atoms with Crippen molar-refractivity contribution < 1.29 is 19.0 Å². The van der Waals surface area contributed by atoms with Crippen LogP contribution in [0.25, 0.3) is 0 Å². The molecule has 0 spiro atoms. The summed E-state index contributed by atoms with van der Waals surface area (Å²) in [6, 6.07) is 6.08. The van der Waals surface area contributed by atoms with Gasteiger partial charge in [-0.05, 0) is 49.9 Å². The molecule has 25 heavy (non-hydrogen) atoms. The molecular formula is C18H25ClN2O4. The first kappa shape index (κ1) is 18.3. The molecule has 0 radical (unpaired) electrons. The lowest BCUT2D eigenvalue weighted by atomic mass is 9.74. The molecule has 6 nitrogen and oxygen atoms in total. The number of carbonyl (C=O) groups is 1. The van der Waals surface area contributed by atoms with Crippen molar-refractivity contribution in [3.05, 3.63) is 23.8 Å². The van der Waals surface area contributed by atoms with Crippen molar-refractivity contribution in [2.24, 2.45) is 0 Å². The van der Waals surface area contributed by atoms with Gasteiger partial charge in [-0.1, -0.05) is 6.07 Å². The van der Waals surface area contributed by atoms with Crippen LogP contribution in [0.2, 0.25) is 0 Å². The maximum absolute atomic E-state index is 12.4. The molecule has 2 saturated heterocycles. The topological polar surface area (TPSA) is 68.8 Å². The van der Waals surface area contributed by atoms with Crippen LogP contribution in [0.3, 0.4) is 0 Å². The second-order valence-electron chi connectivity index (χ2n) is 6.83. The van der Waals surface area contributed by atoms with Gasteiger partial charge in [0.1, 0.15) is 0 Å². The summed E-state index contributed by atoms with van der Waals surface area (Å²) in [5.74, 6) is 1.70. The fourth-order valence-electron chi connectivity index (χ4n) is 3.84. The first-order valence-corrected chi connectivity index (χ1v) is 8.76. The van der Waals surface area contributed by atoms with E-state index >= 15 is 0 Å². The second-order valence-corrected chi connectivity index (χ2v) is 6.83. The normalized spacial score (nSPS) is 23.8. The fourth-order valence-corrected chi connectivity index (χ4v) is 3.84. The van der Waals surface area contributed by atoms with Gasteiger partial charge in [-0.3, -0.25) is 4.79 Å². The molecule has 1 unspecified atom stereocenters. The number of ether oxygens (including phenoxy) is 3. The van der Waals surface area contributed by atoms with Crippen molar-refractivity contribution in [1.82, 2.24) is 10.6 Å². The Morgan fingerprint density at radius 3 is 2.80 bits per heavy atom. The van der Waals surface area contributed by atoms with Gasteiger partial charge in [-0.15, -0.1) is 12.4 Å². The third-order valence-electron chi connectivity index (χ3n) is 5.41. The van der Waals surface area contributed by atoms with E-state index in [0.29, 0.717) is 19.8 Å². The summed E-state index contributed by atoms with van der Waals surface area (Å²) in [7, 11) is 0. The van der Waals surface area contributed by atoms with E-state index in [0.717, 1.165) is 43.7 Å². The minimum atomic E-state index is -0.104. The van der Waals surface area contributed by atoms with Crippen LogP contribution in [0.1, 0.15) is 31.2 Å². The van der Waals surface area contributed by atoms with Crippen molar-refractivity contribution >= 4 is 18.3 Å². The van der Waals surface area contributed by atoms with Gasteiger partial charge in [0.05, 0.1) is 6.04 Å². The highest BCUT2D eigenvalue weighted by molar-refractivity contribution is 5.85. The molecule has 0 saturated carbocycles. The predicted octanol–water partition coefficient (Wildman–Crippen LogP) is 1.75. The minimum Gasteiger partial charge on any atom is -0.454 e. The largest absolute Gasteiger partial charge is 0.454 e. The minimum absolute atomic E-state index is 0. The van der Waals surface area contributed by atoms with Crippen molar-refractivity contribution in [3.63, 3.8) is 0 Å². The van der Waals surface area contributed by atoms with Crippen molar-refractivity contribution in [1.29, 1.82) is 0 Å². The lowest BCUT2D eigenvalue weighted by Gasteiger charge is -2.38. The van der Waals surface area contributed by atoms with Crippen LogP contribution in [0.4, 0.5) is 0 Å². The zero-order chi connectivity index (χ0) is 16.4. The molecule has 3 heterocycles. The van der Waals surface area contributed by atoms with E-state index in [2.05, 4.69) is 22.8 Å². The molecule has 2 N–H and O–H groups in total. The van der Waals surface area contributed by atoms with Crippen LogP contribution in [0.5, 0.6) is 11.5 Å². The number of rotatable bonds is 4. The van der Waals surface area contributed by atoms with E-state index < -0.39 is 0 Å². The monoisotopic (exact) mass is 368 g/mol. The number of nitrogens with one attached hydrogen (secondary N) is 2. The highest BCUT2D eigenvalue weighted by Crippen LogP contribution is 2.40. The van der Waals surface area contributed by atoms with Crippen LogP contribution in [0, 0.1) is 0 Å². The Labute approximate surface area is 154 Å². The van der Waals surface area contributed by atoms with E-state index in [-0.39, 0.29) is 36.6 Å². The van der Waals surface area contributed by atoms with E-state index in [9.17, 15) is 4.79 Å². The van der Waals surface area contributed by atoms with Gasteiger partial charge in [0.2, 0.25) is 12.7 Å². The van der Waals surface area contributed by atoms with Gasteiger partial charge < -0.3 is 24.8 Å². The van der Waals surface area contributed by atoms with E-state index in [1.165, 1.54) is 5.56 Å². The zero-order valence-corrected chi connectivity index (χ0v) is 15.0. The summed E-state index contributed by atoms with van der Waals surface area (Å²) in [6.45, 7) is 3.27. The van der Waals surface area contributed by atoms with Gasteiger partial charge in [0.25, 0.3) is 0 Å². The number of benzene rings is 1. The molecule has 1 aromatic rings. The Bertz CT molecular complexity index is 613. The van der Waals surface area contributed by atoms with Gasteiger partial charge in [-0.2, -0.15) is 0 Å². The van der Waals surface area contributed by atoms with Crippen molar-refractivity contribution in [2.45, 2.75) is 37.1 Å². The molecule has 0 bridgehead atoms. The molecule has 0 aliphatic carbocycles. The quantitative estimate of drug-likeness (QED) is 0.847. The Morgan fingerprint density at radius 2 is 2.04 bits per heavy atom. The Balaban J connectivity index is 0.00000182. The molecule has 1 aromatic carbocycles. The summed E-state index contributed by atoms with van der Waals surface area (Å²) in [4.78, 5) is 12.4. The van der Waals surface area contributed by atoms with E-state index in [1.807, 2.05) is 6.07 Å². The van der Waals surface area contributed by atoms with Crippen LogP contribution in [0.15, 0.2) is 18.2 Å². The average molecular weight is 369 g/mol. The molecule has 2 fully saturated rings. The number of hydrogen-bond acceptors (Lipinski definition) is 5. The first-order chi connectivity index (χ1) is 11.8. The second kappa shape index (κ2) is 7.81. The fraction of sp³-hybridized carbons (Fsp3) is 0.611. The van der Waals surface area contributed by atoms with E-state index in [4.69, 9.17) is 14.2 Å². The summed E-state index contributed by atoms with van der Waals surface area (Å²) in [5, 5.41) is 6.43. The third kappa shape index (κ3) is 3.71. The summed E-state index contributed by atoms with van der Waals surface area (Å²) >= 11 is 0. The Kier molecular flexibility index (Phi) is 5.71. The molecule has 3 aliphatic rings. The van der Waals surface area contributed by atoms with Gasteiger partial charge in [0, 0.05) is 25.2 Å². The predicted molar refractivity (Wildman–Crippen MR) is 95.6 cm³/mol. The average Bonchev–Trinajstić information content (AvgIpc) is 3.31. The standard InChI is InChI=1S/C18H24N2O4.ClH/c21-17(14-2-1-7-19-14)20-11-18(5-8-22-9-6-18)13-3-4-15-16(10-13)24-12-23-15;/h3-4,10,14,19H,1-2,5-9,11-12H2,(H,20,21);1H. The lowest BCUT2D eigenvalue weighted by molar-refractivity contribution is -0.123.